The third-order valence-electron chi connectivity index (χ3n) is 4.12. The normalized spacial score (nSPS) is 13.1. The highest BCUT2D eigenvalue weighted by molar-refractivity contribution is 6.05. The first-order valence-corrected chi connectivity index (χ1v) is 8.21. The van der Waals surface area contributed by atoms with Crippen molar-refractivity contribution in [2.75, 3.05) is 18.0 Å². The number of benzene rings is 1. The van der Waals surface area contributed by atoms with Crippen molar-refractivity contribution in [2.45, 2.75) is 26.7 Å². The Morgan fingerprint density at radius 2 is 2.00 bits per heavy atom. The van der Waals surface area contributed by atoms with Gasteiger partial charge in [-0.05, 0) is 25.0 Å². The van der Waals surface area contributed by atoms with E-state index in [0.29, 0.717) is 6.54 Å². The first-order chi connectivity index (χ1) is 11.6. The summed E-state index contributed by atoms with van der Waals surface area (Å²) in [6.07, 6.45) is 2.91. The molecule has 1 N–H and O–H groups in total. The molecule has 0 aliphatic carbocycles. The number of hydrogen-bond acceptors (Lipinski definition) is 3. The molecule has 1 aliphatic rings. The van der Waals surface area contributed by atoms with Crippen molar-refractivity contribution in [2.24, 2.45) is 0 Å². The smallest absolute Gasteiger partial charge is 0.240 e. The van der Waals surface area contributed by atoms with Crippen molar-refractivity contribution < 1.29 is 9.59 Å². The molecule has 0 saturated carbocycles. The van der Waals surface area contributed by atoms with Gasteiger partial charge in [0.15, 0.2) is 0 Å². The molecule has 0 radical (unpaired) electrons. The van der Waals surface area contributed by atoms with Crippen LogP contribution >= 0.6 is 0 Å². The first-order valence-electron chi connectivity index (χ1n) is 8.21. The Morgan fingerprint density at radius 1 is 1.25 bits per heavy atom. The number of carbonyl (C=O) groups is 2. The van der Waals surface area contributed by atoms with E-state index in [-0.39, 0.29) is 24.8 Å². The molecule has 5 nitrogen and oxygen atoms in total. The second kappa shape index (κ2) is 6.83. The molecular weight excluding hydrogens is 302 g/mol. The van der Waals surface area contributed by atoms with Gasteiger partial charge in [0, 0.05) is 18.3 Å². The van der Waals surface area contributed by atoms with Crippen LogP contribution in [0.25, 0.3) is 11.1 Å². The lowest BCUT2D eigenvalue weighted by atomic mass is 10.1. The average molecular weight is 323 g/mol. The molecule has 3 rings (SSSR count). The summed E-state index contributed by atoms with van der Waals surface area (Å²) in [6.45, 7) is 4.70. The van der Waals surface area contributed by atoms with Gasteiger partial charge < -0.3 is 10.2 Å². The number of aromatic nitrogens is 1. The van der Waals surface area contributed by atoms with E-state index in [2.05, 4.69) is 10.3 Å². The van der Waals surface area contributed by atoms with Crippen LogP contribution in [-0.4, -0.2) is 29.9 Å². The predicted octanol–water partition coefficient (Wildman–Crippen LogP) is 2.47. The SMILES string of the molecule is CCCNC(=O)CN1C(=O)Cc2ncc(-c3ccc(C)cc3)cc21. The number of hydrogen-bond donors (Lipinski definition) is 1. The molecule has 1 aromatic carbocycles. The van der Waals surface area contributed by atoms with E-state index < -0.39 is 0 Å². The molecule has 0 bridgehead atoms. The van der Waals surface area contributed by atoms with E-state index in [1.165, 1.54) is 10.5 Å². The maximum Gasteiger partial charge on any atom is 0.240 e. The van der Waals surface area contributed by atoms with E-state index in [1.807, 2.05) is 44.2 Å². The van der Waals surface area contributed by atoms with Gasteiger partial charge >= 0.3 is 0 Å². The highest BCUT2D eigenvalue weighted by Crippen LogP contribution is 2.31. The number of pyridine rings is 1. The molecule has 24 heavy (non-hydrogen) atoms. The van der Waals surface area contributed by atoms with Gasteiger partial charge in [0.25, 0.3) is 0 Å². The van der Waals surface area contributed by atoms with Crippen LogP contribution < -0.4 is 10.2 Å². The lowest BCUT2D eigenvalue weighted by Crippen LogP contribution is -2.39. The Balaban J connectivity index is 1.86. The lowest BCUT2D eigenvalue weighted by Gasteiger charge is -2.17. The van der Waals surface area contributed by atoms with Gasteiger partial charge in [-0.15, -0.1) is 0 Å². The Kier molecular flexibility index (Phi) is 4.60. The highest BCUT2D eigenvalue weighted by Gasteiger charge is 2.30. The largest absolute Gasteiger partial charge is 0.355 e. The summed E-state index contributed by atoms with van der Waals surface area (Å²) in [4.78, 5) is 30.2. The summed E-state index contributed by atoms with van der Waals surface area (Å²) in [5.41, 5.74) is 4.66. The van der Waals surface area contributed by atoms with Crippen molar-refractivity contribution in [3.63, 3.8) is 0 Å². The van der Waals surface area contributed by atoms with Crippen molar-refractivity contribution >= 4 is 17.5 Å². The fourth-order valence-electron chi connectivity index (χ4n) is 2.77. The van der Waals surface area contributed by atoms with Crippen LogP contribution in [0.4, 0.5) is 5.69 Å². The van der Waals surface area contributed by atoms with Crippen LogP contribution in [0.2, 0.25) is 0 Å². The maximum absolute atomic E-state index is 12.2. The standard InChI is InChI=1S/C19H21N3O2/c1-3-8-20-18(23)12-22-17-9-15(11-21-16(17)10-19(22)24)14-6-4-13(2)5-7-14/h4-7,9,11H,3,8,10,12H2,1-2H3,(H,20,23). The van der Waals surface area contributed by atoms with Crippen LogP contribution in [0.5, 0.6) is 0 Å². The number of carbonyl (C=O) groups excluding carboxylic acids is 2. The molecule has 2 aromatic rings. The van der Waals surface area contributed by atoms with E-state index in [9.17, 15) is 9.59 Å². The zero-order valence-electron chi connectivity index (χ0n) is 14.0. The summed E-state index contributed by atoms with van der Waals surface area (Å²) in [5, 5.41) is 2.81. The van der Waals surface area contributed by atoms with Crippen molar-refractivity contribution in [1.82, 2.24) is 10.3 Å². The second-order valence-corrected chi connectivity index (χ2v) is 6.06. The lowest BCUT2D eigenvalue weighted by molar-refractivity contribution is -0.123. The number of nitrogens with one attached hydrogen (secondary N) is 1. The number of nitrogens with zero attached hydrogens (tertiary/aromatic N) is 2. The number of amides is 2. The summed E-state index contributed by atoms with van der Waals surface area (Å²) in [6, 6.07) is 10.1. The molecule has 2 heterocycles. The molecule has 0 saturated heterocycles. The second-order valence-electron chi connectivity index (χ2n) is 6.06. The zero-order chi connectivity index (χ0) is 17.1. The van der Waals surface area contributed by atoms with E-state index >= 15 is 0 Å². The molecule has 1 aromatic heterocycles. The molecule has 0 spiro atoms. The topological polar surface area (TPSA) is 62.3 Å². The van der Waals surface area contributed by atoms with Crippen LogP contribution in [0.3, 0.4) is 0 Å². The van der Waals surface area contributed by atoms with Crippen LogP contribution in [0.1, 0.15) is 24.6 Å². The van der Waals surface area contributed by atoms with Crippen molar-refractivity contribution in [1.29, 1.82) is 0 Å². The summed E-state index contributed by atoms with van der Waals surface area (Å²) in [7, 11) is 0. The molecule has 5 heteroatoms. The van der Waals surface area contributed by atoms with Gasteiger partial charge in [-0.25, -0.2) is 0 Å². The van der Waals surface area contributed by atoms with Gasteiger partial charge in [0.2, 0.25) is 11.8 Å². The van der Waals surface area contributed by atoms with Crippen LogP contribution in [-0.2, 0) is 16.0 Å². The minimum Gasteiger partial charge on any atom is -0.355 e. The number of fused-ring (bicyclic) bond motifs is 1. The Hall–Kier alpha value is -2.69. The van der Waals surface area contributed by atoms with Gasteiger partial charge in [0.05, 0.1) is 17.8 Å². The van der Waals surface area contributed by atoms with E-state index in [4.69, 9.17) is 0 Å². The van der Waals surface area contributed by atoms with Crippen LogP contribution in [0.15, 0.2) is 36.5 Å². The summed E-state index contributed by atoms with van der Waals surface area (Å²) < 4.78 is 0. The number of rotatable bonds is 5. The zero-order valence-corrected chi connectivity index (χ0v) is 14.0. The molecule has 2 amide bonds. The highest BCUT2D eigenvalue weighted by atomic mass is 16.2. The Labute approximate surface area is 141 Å². The van der Waals surface area contributed by atoms with Crippen molar-refractivity contribution in [3.05, 3.63) is 47.8 Å². The minimum atomic E-state index is -0.140. The Morgan fingerprint density at radius 3 is 2.71 bits per heavy atom. The molecule has 124 valence electrons. The van der Waals surface area contributed by atoms with Gasteiger partial charge in [-0.3, -0.25) is 14.6 Å². The predicted molar refractivity (Wildman–Crippen MR) is 93.8 cm³/mol. The molecule has 0 unspecified atom stereocenters. The first kappa shape index (κ1) is 16.2. The quantitative estimate of drug-likeness (QED) is 0.919. The van der Waals surface area contributed by atoms with Gasteiger partial charge in [-0.2, -0.15) is 0 Å². The average Bonchev–Trinajstić information content (AvgIpc) is 2.89. The fraction of sp³-hybridized carbons (Fsp3) is 0.316. The summed E-state index contributed by atoms with van der Waals surface area (Å²) in [5.74, 6) is -0.219. The van der Waals surface area contributed by atoms with E-state index in [0.717, 1.165) is 28.9 Å². The van der Waals surface area contributed by atoms with Gasteiger partial charge in [0.1, 0.15) is 6.54 Å². The van der Waals surface area contributed by atoms with Crippen LogP contribution in [0, 0.1) is 6.92 Å². The molecule has 0 fully saturated rings. The molecule has 1 aliphatic heterocycles. The number of anilines is 1. The van der Waals surface area contributed by atoms with Gasteiger partial charge in [-0.1, -0.05) is 36.8 Å². The Bertz CT molecular complexity index is 769. The monoisotopic (exact) mass is 323 g/mol. The molecule has 0 atom stereocenters. The number of aryl methyl sites for hydroxylation is 1. The van der Waals surface area contributed by atoms with E-state index in [1.54, 1.807) is 6.20 Å². The third-order valence-corrected chi connectivity index (χ3v) is 4.12. The minimum absolute atomic E-state index is 0.0465. The maximum atomic E-state index is 12.2. The summed E-state index contributed by atoms with van der Waals surface area (Å²) >= 11 is 0. The fourth-order valence-corrected chi connectivity index (χ4v) is 2.77. The third kappa shape index (κ3) is 3.30. The molecular formula is C19H21N3O2. The van der Waals surface area contributed by atoms with Crippen molar-refractivity contribution in [3.8, 4) is 11.1 Å².